The number of benzene rings is 2. The number of rotatable bonds is 3. The highest BCUT2D eigenvalue weighted by atomic mass is 79.9. The molecule has 4 heteroatoms. The molecule has 0 aliphatic carbocycles. The number of nitrogens with zero attached hydrogens (tertiary/aromatic N) is 1. The Balaban J connectivity index is 1.91. The van der Waals surface area contributed by atoms with Crippen LogP contribution in [0.15, 0.2) is 59.2 Å². The fourth-order valence-electron chi connectivity index (χ4n) is 2.09. The molecule has 3 aromatic rings. The summed E-state index contributed by atoms with van der Waals surface area (Å²) >= 11 is 3.47. The molecule has 21 heavy (non-hydrogen) atoms. The Labute approximate surface area is 131 Å². The second-order valence-electron chi connectivity index (χ2n) is 4.83. The maximum absolute atomic E-state index is 9.58. The molecule has 0 aliphatic heterocycles. The van der Waals surface area contributed by atoms with Crippen LogP contribution in [0.4, 0.5) is 0 Å². The van der Waals surface area contributed by atoms with Crippen molar-refractivity contribution < 1.29 is 9.84 Å². The summed E-state index contributed by atoms with van der Waals surface area (Å²) in [6, 6.07) is 15.4. The summed E-state index contributed by atoms with van der Waals surface area (Å²) < 4.78 is 6.66. The molecule has 0 bridgehead atoms. The standard InChI is InChI=1S/C17H14BrNO2/c1-11(20)12-6-7-17(15(18)9-12)21-14-8-13-4-2-3-5-16(13)19-10-14/h2-11,20H,1H3/t11-/m1/s1. The van der Waals surface area contributed by atoms with Crippen LogP contribution in [0.3, 0.4) is 0 Å². The van der Waals surface area contributed by atoms with E-state index in [-0.39, 0.29) is 0 Å². The molecule has 106 valence electrons. The van der Waals surface area contributed by atoms with Gasteiger partial charge >= 0.3 is 0 Å². The minimum Gasteiger partial charge on any atom is -0.455 e. The predicted molar refractivity (Wildman–Crippen MR) is 86.6 cm³/mol. The van der Waals surface area contributed by atoms with Gasteiger partial charge in [-0.05, 0) is 52.7 Å². The molecule has 1 N–H and O–H groups in total. The summed E-state index contributed by atoms with van der Waals surface area (Å²) in [5.41, 5.74) is 1.78. The topological polar surface area (TPSA) is 42.4 Å². The average molecular weight is 344 g/mol. The van der Waals surface area contributed by atoms with Gasteiger partial charge in [0.25, 0.3) is 0 Å². The molecule has 1 atom stereocenters. The number of para-hydroxylation sites is 1. The monoisotopic (exact) mass is 343 g/mol. The van der Waals surface area contributed by atoms with Crippen molar-refractivity contribution in [3.05, 3.63) is 64.8 Å². The number of pyridine rings is 1. The number of fused-ring (bicyclic) bond motifs is 1. The normalized spacial score (nSPS) is 12.3. The van der Waals surface area contributed by atoms with Gasteiger partial charge in [-0.3, -0.25) is 4.98 Å². The van der Waals surface area contributed by atoms with E-state index in [1.54, 1.807) is 13.1 Å². The van der Waals surface area contributed by atoms with Gasteiger partial charge < -0.3 is 9.84 Å². The zero-order valence-corrected chi connectivity index (χ0v) is 13.0. The summed E-state index contributed by atoms with van der Waals surface area (Å²) in [7, 11) is 0. The van der Waals surface area contributed by atoms with Gasteiger partial charge in [0.05, 0.1) is 22.3 Å². The third-order valence-electron chi connectivity index (χ3n) is 3.23. The molecular weight excluding hydrogens is 330 g/mol. The van der Waals surface area contributed by atoms with Crippen LogP contribution < -0.4 is 4.74 Å². The van der Waals surface area contributed by atoms with E-state index < -0.39 is 6.10 Å². The fourth-order valence-corrected chi connectivity index (χ4v) is 2.57. The molecule has 3 nitrogen and oxygen atoms in total. The number of aliphatic hydroxyl groups excluding tert-OH is 1. The zero-order valence-electron chi connectivity index (χ0n) is 11.5. The fraction of sp³-hybridized carbons (Fsp3) is 0.118. The lowest BCUT2D eigenvalue weighted by molar-refractivity contribution is 0.199. The lowest BCUT2D eigenvalue weighted by Gasteiger charge is -2.11. The van der Waals surface area contributed by atoms with Crippen molar-refractivity contribution in [2.45, 2.75) is 13.0 Å². The number of halogens is 1. The molecule has 0 saturated heterocycles. The van der Waals surface area contributed by atoms with E-state index in [1.807, 2.05) is 48.5 Å². The maximum atomic E-state index is 9.58. The minimum atomic E-state index is -0.502. The largest absolute Gasteiger partial charge is 0.455 e. The molecule has 1 aromatic heterocycles. The molecule has 0 radical (unpaired) electrons. The second kappa shape index (κ2) is 5.84. The highest BCUT2D eigenvalue weighted by molar-refractivity contribution is 9.10. The number of ether oxygens (including phenoxy) is 1. The van der Waals surface area contributed by atoms with E-state index in [0.717, 1.165) is 20.9 Å². The van der Waals surface area contributed by atoms with Gasteiger partial charge in [-0.15, -0.1) is 0 Å². The van der Waals surface area contributed by atoms with Crippen molar-refractivity contribution in [3.8, 4) is 11.5 Å². The van der Waals surface area contributed by atoms with E-state index in [0.29, 0.717) is 11.5 Å². The number of hydrogen-bond donors (Lipinski definition) is 1. The molecular formula is C17H14BrNO2. The van der Waals surface area contributed by atoms with Gasteiger partial charge in [-0.1, -0.05) is 24.3 Å². The van der Waals surface area contributed by atoms with Gasteiger partial charge in [0.1, 0.15) is 11.5 Å². The summed E-state index contributed by atoms with van der Waals surface area (Å²) in [6.07, 6.45) is 1.20. The SMILES string of the molecule is C[C@@H](O)c1ccc(Oc2cnc3ccccc3c2)c(Br)c1. The van der Waals surface area contributed by atoms with Crippen LogP contribution in [0.25, 0.3) is 10.9 Å². The van der Waals surface area contributed by atoms with Crippen LogP contribution in [0, 0.1) is 0 Å². The lowest BCUT2D eigenvalue weighted by Crippen LogP contribution is -1.93. The van der Waals surface area contributed by atoms with Crippen molar-refractivity contribution >= 4 is 26.8 Å². The van der Waals surface area contributed by atoms with E-state index in [4.69, 9.17) is 4.74 Å². The predicted octanol–water partition coefficient (Wildman–Crippen LogP) is 4.84. The highest BCUT2D eigenvalue weighted by Crippen LogP contribution is 2.32. The Bertz CT molecular complexity index is 787. The van der Waals surface area contributed by atoms with Crippen molar-refractivity contribution in [3.63, 3.8) is 0 Å². The summed E-state index contributed by atoms with van der Waals surface area (Å²) in [5.74, 6) is 1.37. The van der Waals surface area contributed by atoms with Gasteiger partial charge in [0, 0.05) is 5.39 Å². The molecule has 0 amide bonds. The van der Waals surface area contributed by atoms with Gasteiger partial charge in [-0.25, -0.2) is 0 Å². The van der Waals surface area contributed by atoms with Crippen molar-refractivity contribution in [2.75, 3.05) is 0 Å². The van der Waals surface area contributed by atoms with Gasteiger partial charge in [0.15, 0.2) is 0 Å². The Kier molecular flexibility index (Phi) is 3.90. The van der Waals surface area contributed by atoms with Crippen LogP contribution in [-0.2, 0) is 0 Å². The molecule has 0 spiro atoms. The van der Waals surface area contributed by atoms with E-state index in [2.05, 4.69) is 20.9 Å². The number of aromatic nitrogens is 1. The van der Waals surface area contributed by atoms with E-state index in [1.165, 1.54) is 0 Å². The molecule has 0 unspecified atom stereocenters. The minimum absolute atomic E-state index is 0.502. The van der Waals surface area contributed by atoms with Crippen LogP contribution in [0.5, 0.6) is 11.5 Å². The van der Waals surface area contributed by atoms with Crippen molar-refractivity contribution in [2.24, 2.45) is 0 Å². The highest BCUT2D eigenvalue weighted by Gasteiger charge is 2.08. The van der Waals surface area contributed by atoms with Crippen LogP contribution in [0.2, 0.25) is 0 Å². The molecule has 1 heterocycles. The Morgan fingerprint density at radius 2 is 1.95 bits per heavy atom. The Morgan fingerprint density at radius 3 is 2.71 bits per heavy atom. The average Bonchev–Trinajstić information content (AvgIpc) is 2.49. The summed E-state index contributed by atoms with van der Waals surface area (Å²) in [4.78, 5) is 4.37. The lowest BCUT2D eigenvalue weighted by atomic mass is 10.1. The van der Waals surface area contributed by atoms with Crippen molar-refractivity contribution in [1.82, 2.24) is 4.98 Å². The summed E-state index contributed by atoms with van der Waals surface area (Å²) in [6.45, 7) is 1.73. The molecule has 0 aliphatic rings. The first kappa shape index (κ1) is 14.0. The first-order valence-corrected chi connectivity index (χ1v) is 7.43. The number of hydrogen-bond acceptors (Lipinski definition) is 3. The Hall–Kier alpha value is -1.91. The quantitative estimate of drug-likeness (QED) is 0.739. The summed E-state index contributed by atoms with van der Waals surface area (Å²) in [5, 5.41) is 10.6. The van der Waals surface area contributed by atoms with Crippen LogP contribution >= 0.6 is 15.9 Å². The molecule has 0 fully saturated rings. The third-order valence-corrected chi connectivity index (χ3v) is 3.85. The smallest absolute Gasteiger partial charge is 0.146 e. The first-order chi connectivity index (χ1) is 10.1. The number of aliphatic hydroxyl groups is 1. The first-order valence-electron chi connectivity index (χ1n) is 6.63. The third kappa shape index (κ3) is 3.06. The van der Waals surface area contributed by atoms with Gasteiger partial charge in [0.2, 0.25) is 0 Å². The van der Waals surface area contributed by atoms with E-state index in [9.17, 15) is 5.11 Å². The maximum Gasteiger partial charge on any atom is 0.146 e. The van der Waals surface area contributed by atoms with Gasteiger partial charge in [-0.2, -0.15) is 0 Å². The Morgan fingerprint density at radius 1 is 1.14 bits per heavy atom. The zero-order chi connectivity index (χ0) is 14.8. The van der Waals surface area contributed by atoms with Crippen LogP contribution in [-0.4, -0.2) is 10.1 Å². The molecule has 0 saturated carbocycles. The van der Waals surface area contributed by atoms with E-state index >= 15 is 0 Å². The molecule has 2 aromatic carbocycles. The van der Waals surface area contributed by atoms with Crippen LogP contribution in [0.1, 0.15) is 18.6 Å². The second-order valence-corrected chi connectivity index (χ2v) is 5.69. The van der Waals surface area contributed by atoms with Crippen molar-refractivity contribution in [1.29, 1.82) is 0 Å². The molecule has 3 rings (SSSR count).